The monoisotopic (exact) mass is 281 g/mol. The smallest absolute Gasteiger partial charge is 0.0442 e. The van der Waals surface area contributed by atoms with Crippen LogP contribution in [0.3, 0.4) is 0 Å². The maximum absolute atomic E-state index is 11.9. The summed E-state index contributed by atoms with van der Waals surface area (Å²) < 4.78 is 11.9. The first-order chi connectivity index (χ1) is 8.99. The Balaban J connectivity index is 3.05. The van der Waals surface area contributed by atoms with Gasteiger partial charge in [-0.05, 0) is 50.4 Å². The summed E-state index contributed by atoms with van der Waals surface area (Å²) in [4.78, 5) is 0. The zero-order valence-corrected chi connectivity index (χ0v) is 13.7. The van der Waals surface area contributed by atoms with Crippen molar-refractivity contribution in [2.24, 2.45) is 0 Å². The lowest BCUT2D eigenvalue weighted by Gasteiger charge is -2.23. The van der Waals surface area contributed by atoms with E-state index >= 15 is 0 Å². The first-order valence-electron chi connectivity index (χ1n) is 7.15. The summed E-state index contributed by atoms with van der Waals surface area (Å²) >= 11 is 0. The Hall–Kier alpha value is -0.670. The van der Waals surface area contributed by atoms with Crippen LogP contribution >= 0.6 is 0 Å². The molecule has 0 fully saturated rings. The molecule has 0 aliphatic rings. The molecule has 1 rings (SSSR count). The van der Waals surface area contributed by atoms with E-state index in [-0.39, 0.29) is 6.04 Å². The van der Waals surface area contributed by atoms with E-state index < -0.39 is 10.8 Å². The highest BCUT2D eigenvalue weighted by Gasteiger charge is 2.18. The van der Waals surface area contributed by atoms with E-state index in [4.69, 9.17) is 0 Å². The lowest BCUT2D eigenvalue weighted by Crippen LogP contribution is -2.28. The van der Waals surface area contributed by atoms with Crippen molar-refractivity contribution in [2.45, 2.75) is 47.1 Å². The Bertz CT molecular complexity index is 419. The second-order valence-electron chi connectivity index (χ2n) is 5.21. The highest BCUT2D eigenvalue weighted by atomic mass is 32.2. The van der Waals surface area contributed by atoms with Crippen molar-refractivity contribution in [3.8, 4) is 0 Å². The molecule has 2 unspecified atom stereocenters. The Morgan fingerprint density at radius 1 is 1.16 bits per heavy atom. The minimum absolute atomic E-state index is 0.210. The molecule has 2 nitrogen and oxygen atoms in total. The molecule has 0 bridgehead atoms. The standard InChI is InChI=1S/C16H27NOS/c1-6-8-17-15(11-19(18)7-2)16-13(4)9-12(3)10-14(16)5/h9-10,15,17H,6-8,11H2,1-5H3. The number of rotatable bonds is 7. The highest BCUT2D eigenvalue weighted by Crippen LogP contribution is 2.24. The summed E-state index contributed by atoms with van der Waals surface area (Å²) in [6, 6.07) is 4.65. The fourth-order valence-corrected chi connectivity index (χ4v) is 3.50. The summed E-state index contributed by atoms with van der Waals surface area (Å²) in [5.74, 6) is 1.44. The molecule has 0 heterocycles. The van der Waals surface area contributed by atoms with Gasteiger partial charge in [-0.15, -0.1) is 0 Å². The van der Waals surface area contributed by atoms with Gasteiger partial charge < -0.3 is 5.32 Å². The Kier molecular flexibility index (Phi) is 6.73. The van der Waals surface area contributed by atoms with Crippen molar-refractivity contribution in [1.29, 1.82) is 0 Å². The fraction of sp³-hybridized carbons (Fsp3) is 0.625. The van der Waals surface area contributed by atoms with Crippen LogP contribution in [0.4, 0.5) is 0 Å². The zero-order valence-electron chi connectivity index (χ0n) is 12.9. The van der Waals surface area contributed by atoms with E-state index in [1.54, 1.807) is 0 Å². The third kappa shape index (κ3) is 4.73. The maximum atomic E-state index is 11.9. The molecule has 0 aromatic heterocycles. The average Bonchev–Trinajstić information content (AvgIpc) is 2.34. The van der Waals surface area contributed by atoms with E-state index in [9.17, 15) is 4.21 Å². The van der Waals surface area contributed by atoms with Crippen LogP contribution in [0.25, 0.3) is 0 Å². The average molecular weight is 281 g/mol. The third-order valence-electron chi connectivity index (χ3n) is 3.40. The van der Waals surface area contributed by atoms with Gasteiger partial charge in [-0.25, -0.2) is 0 Å². The quantitative estimate of drug-likeness (QED) is 0.829. The van der Waals surface area contributed by atoms with Crippen molar-refractivity contribution < 1.29 is 4.21 Å². The normalized spacial score (nSPS) is 14.4. The third-order valence-corrected chi connectivity index (χ3v) is 4.75. The van der Waals surface area contributed by atoms with Gasteiger partial charge in [0.2, 0.25) is 0 Å². The van der Waals surface area contributed by atoms with Gasteiger partial charge in [-0.1, -0.05) is 31.5 Å². The minimum Gasteiger partial charge on any atom is -0.309 e. The van der Waals surface area contributed by atoms with Crippen molar-refractivity contribution in [1.82, 2.24) is 5.32 Å². The molecule has 0 radical (unpaired) electrons. The van der Waals surface area contributed by atoms with Crippen molar-refractivity contribution in [2.75, 3.05) is 18.1 Å². The van der Waals surface area contributed by atoms with Gasteiger partial charge in [0.05, 0.1) is 0 Å². The van der Waals surface area contributed by atoms with Crippen LogP contribution in [0.1, 0.15) is 48.6 Å². The zero-order chi connectivity index (χ0) is 14.4. The number of nitrogens with one attached hydrogen (secondary N) is 1. The second kappa shape index (κ2) is 7.81. The molecule has 0 spiro atoms. The first-order valence-corrected chi connectivity index (χ1v) is 8.64. The lowest BCUT2D eigenvalue weighted by atomic mass is 9.95. The topological polar surface area (TPSA) is 29.1 Å². The van der Waals surface area contributed by atoms with Gasteiger partial charge in [-0.3, -0.25) is 4.21 Å². The molecular weight excluding hydrogens is 254 g/mol. The molecule has 0 aliphatic heterocycles. The van der Waals surface area contributed by atoms with Crippen molar-refractivity contribution in [3.05, 3.63) is 34.4 Å². The van der Waals surface area contributed by atoms with Crippen LogP contribution < -0.4 is 5.32 Å². The predicted molar refractivity (Wildman–Crippen MR) is 85.2 cm³/mol. The van der Waals surface area contributed by atoms with Crippen LogP contribution in [0.2, 0.25) is 0 Å². The SMILES string of the molecule is CCCNC(CS(=O)CC)c1c(C)cc(C)cc1C. The van der Waals surface area contributed by atoms with E-state index in [0.29, 0.717) is 5.75 Å². The summed E-state index contributed by atoms with van der Waals surface area (Å²) in [6.07, 6.45) is 1.10. The second-order valence-corrected chi connectivity index (χ2v) is 7.00. The minimum atomic E-state index is -0.745. The molecule has 0 saturated heterocycles. The largest absolute Gasteiger partial charge is 0.309 e. The van der Waals surface area contributed by atoms with Crippen LogP contribution in [0.15, 0.2) is 12.1 Å². The van der Waals surface area contributed by atoms with Gasteiger partial charge in [0.1, 0.15) is 0 Å². The Morgan fingerprint density at radius 3 is 2.21 bits per heavy atom. The molecular formula is C16H27NOS. The molecule has 108 valence electrons. The van der Waals surface area contributed by atoms with Crippen molar-refractivity contribution in [3.63, 3.8) is 0 Å². The van der Waals surface area contributed by atoms with Gasteiger partial charge in [-0.2, -0.15) is 0 Å². The number of aryl methyl sites for hydroxylation is 3. The highest BCUT2D eigenvalue weighted by molar-refractivity contribution is 7.84. The molecule has 1 aromatic carbocycles. The van der Waals surface area contributed by atoms with E-state index in [2.05, 4.69) is 45.1 Å². The number of hydrogen-bond donors (Lipinski definition) is 1. The van der Waals surface area contributed by atoms with Crippen LogP contribution in [-0.2, 0) is 10.8 Å². The molecule has 1 N–H and O–H groups in total. The molecule has 19 heavy (non-hydrogen) atoms. The van der Waals surface area contributed by atoms with Crippen LogP contribution in [0.5, 0.6) is 0 Å². The predicted octanol–water partition coefficient (Wildman–Crippen LogP) is 3.42. The first kappa shape index (κ1) is 16.4. The van der Waals surface area contributed by atoms with E-state index in [1.807, 2.05) is 6.92 Å². The maximum Gasteiger partial charge on any atom is 0.0442 e. The summed E-state index contributed by atoms with van der Waals surface area (Å²) in [6.45, 7) is 11.6. The molecule has 2 atom stereocenters. The number of hydrogen-bond acceptors (Lipinski definition) is 2. The molecule has 0 saturated carbocycles. The summed E-state index contributed by atoms with van der Waals surface area (Å²) in [7, 11) is -0.745. The molecule has 1 aromatic rings. The molecule has 0 amide bonds. The molecule has 0 aliphatic carbocycles. The summed E-state index contributed by atoms with van der Waals surface area (Å²) in [5.41, 5.74) is 5.24. The number of benzene rings is 1. The Morgan fingerprint density at radius 2 is 1.74 bits per heavy atom. The van der Waals surface area contributed by atoms with Crippen LogP contribution in [0, 0.1) is 20.8 Å². The van der Waals surface area contributed by atoms with E-state index in [0.717, 1.165) is 18.7 Å². The van der Waals surface area contributed by atoms with Gasteiger partial charge >= 0.3 is 0 Å². The Labute approximate surface area is 120 Å². The lowest BCUT2D eigenvalue weighted by molar-refractivity contribution is 0.565. The van der Waals surface area contributed by atoms with E-state index in [1.165, 1.54) is 22.3 Å². The fourth-order valence-electron chi connectivity index (χ4n) is 2.61. The van der Waals surface area contributed by atoms with Crippen molar-refractivity contribution >= 4 is 10.8 Å². The molecule has 3 heteroatoms. The van der Waals surface area contributed by atoms with Gasteiger partial charge in [0.15, 0.2) is 0 Å². The van der Waals surface area contributed by atoms with Gasteiger partial charge in [0.25, 0.3) is 0 Å². The summed E-state index contributed by atoms with van der Waals surface area (Å²) in [5, 5.41) is 3.56. The van der Waals surface area contributed by atoms with Crippen LogP contribution in [-0.4, -0.2) is 22.3 Å². The van der Waals surface area contributed by atoms with Gasteiger partial charge in [0, 0.05) is 28.3 Å².